The van der Waals surface area contributed by atoms with Crippen molar-refractivity contribution in [1.29, 1.82) is 0 Å². The summed E-state index contributed by atoms with van der Waals surface area (Å²) < 4.78 is 0. The van der Waals surface area contributed by atoms with E-state index in [2.05, 4.69) is 43.4 Å². The van der Waals surface area contributed by atoms with E-state index in [0.29, 0.717) is 0 Å². The Kier molecular flexibility index (Phi) is 14.1. The Labute approximate surface area is 148 Å². The van der Waals surface area contributed by atoms with E-state index in [0.717, 1.165) is 12.8 Å². The molecule has 1 fully saturated rings. The summed E-state index contributed by atoms with van der Waals surface area (Å²) in [5, 5.41) is 10.9. The molecule has 0 bridgehead atoms. The zero-order chi connectivity index (χ0) is 18.2. The number of carboxylic acid groups (broad SMARTS) is 1. The monoisotopic (exact) mass is 335 g/mol. The third-order valence-electron chi connectivity index (χ3n) is 4.09. The van der Waals surface area contributed by atoms with Crippen molar-refractivity contribution in [2.75, 3.05) is 0 Å². The van der Waals surface area contributed by atoms with Gasteiger partial charge < -0.3 is 10.4 Å². The molecule has 24 heavy (non-hydrogen) atoms. The maximum Gasteiger partial charge on any atom is 0.404 e. The average molecular weight is 336 g/mol. The molecule has 3 heteroatoms. The van der Waals surface area contributed by atoms with Gasteiger partial charge >= 0.3 is 6.09 Å². The summed E-state index contributed by atoms with van der Waals surface area (Å²) in [5.41, 5.74) is 3.09. The molecule has 3 nitrogen and oxygen atoms in total. The molecular weight excluding hydrogens is 298 g/mol. The lowest BCUT2D eigenvalue weighted by molar-refractivity contribution is 0.186. The van der Waals surface area contributed by atoms with Gasteiger partial charge in [0.1, 0.15) is 0 Å². The first-order valence-electron chi connectivity index (χ1n) is 9.73. The first kappa shape index (κ1) is 22.5. The fraction of sp³-hybridized carbons (Fsp3) is 0.667. The van der Waals surface area contributed by atoms with E-state index in [9.17, 15) is 4.79 Å². The summed E-state index contributed by atoms with van der Waals surface area (Å²) in [6, 6.07) is 9.03. The second-order valence-corrected chi connectivity index (χ2v) is 6.05. The minimum Gasteiger partial charge on any atom is -0.465 e. The second kappa shape index (κ2) is 15.0. The van der Waals surface area contributed by atoms with E-state index in [1.54, 1.807) is 11.1 Å². The molecule has 138 valence electrons. The highest BCUT2D eigenvalue weighted by atomic mass is 16.4. The van der Waals surface area contributed by atoms with E-state index >= 15 is 0 Å². The number of amides is 1. The lowest BCUT2D eigenvalue weighted by Gasteiger charge is -2.20. The number of rotatable bonds is 5. The van der Waals surface area contributed by atoms with Crippen LogP contribution in [0, 0.1) is 0 Å². The SMILES string of the molecule is CC.CCCc1ccccc1CCC.O=C(O)NC1CCCCC1. The second-order valence-electron chi connectivity index (χ2n) is 6.05. The van der Waals surface area contributed by atoms with Crippen LogP contribution in [0.3, 0.4) is 0 Å². The van der Waals surface area contributed by atoms with E-state index in [1.165, 1.54) is 44.9 Å². The van der Waals surface area contributed by atoms with Gasteiger partial charge in [0.25, 0.3) is 0 Å². The van der Waals surface area contributed by atoms with E-state index in [4.69, 9.17) is 5.11 Å². The van der Waals surface area contributed by atoms with Gasteiger partial charge in [0, 0.05) is 6.04 Å². The maximum atomic E-state index is 10.2. The zero-order valence-electron chi connectivity index (χ0n) is 16.1. The number of hydrogen-bond acceptors (Lipinski definition) is 1. The fourth-order valence-electron chi connectivity index (χ4n) is 3.01. The molecule has 0 aliphatic heterocycles. The van der Waals surface area contributed by atoms with Gasteiger partial charge in [-0.1, -0.05) is 84.1 Å². The van der Waals surface area contributed by atoms with Crippen LogP contribution in [0.15, 0.2) is 24.3 Å². The molecule has 0 heterocycles. The van der Waals surface area contributed by atoms with Gasteiger partial charge in [-0.05, 0) is 36.8 Å². The van der Waals surface area contributed by atoms with Crippen LogP contribution in [-0.4, -0.2) is 17.2 Å². The largest absolute Gasteiger partial charge is 0.465 e. The Morgan fingerprint density at radius 1 is 1.00 bits per heavy atom. The Hall–Kier alpha value is -1.51. The topological polar surface area (TPSA) is 49.3 Å². The first-order chi connectivity index (χ1) is 11.7. The molecule has 1 aromatic rings. The molecule has 1 aromatic carbocycles. The van der Waals surface area contributed by atoms with Crippen LogP contribution >= 0.6 is 0 Å². The molecule has 0 spiro atoms. The van der Waals surface area contributed by atoms with Crippen molar-refractivity contribution < 1.29 is 9.90 Å². The molecule has 1 aliphatic carbocycles. The van der Waals surface area contributed by atoms with E-state index in [1.807, 2.05) is 13.8 Å². The Balaban J connectivity index is 0.000000405. The minimum absolute atomic E-state index is 0.228. The lowest BCUT2D eigenvalue weighted by Crippen LogP contribution is -2.34. The van der Waals surface area contributed by atoms with E-state index in [-0.39, 0.29) is 6.04 Å². The van der Waals surface area contributed by atoms with Crippen molar-refractivity contribution in [1.82, 2.24) is 5.32 Å². The van der Waals surface area contributed by atoms with E-state index < -0.39 is 6.09 Å². The summed E-state index contributed by atoms with van der Waals surface area (Å²) in [4.78, 5) is 10.2. The molecule has 0 aromatic heterocycles. The molecule has 2 N–H and O–H groups in total. The summed E-state index contributed by atoms with van der Waals surface area (Å²) >= 11 is 0. The van der Waals surface area contributed by atoms with Gasteiger partial charge in [-0.3, -0.25) is 0 Å². The van der Waals surface area contributed by atoms with Crippen LogP contribution < -0.4 is 5.32 Å². The quantitative estimate of drug-likeness (QED) is 0.672. The summed E-state index contributed by atoms with van der Waals surface area (Å²) in [6.07, 6.45) is 9.73. The number of aryl methyl sites for hydroxylation is 2. The van der Waals surface area contributed by atoms with Crippen molar-refractivity contribution in [2.45, 2.75) is 91.5 Å². The van der Waals surface area contributed by atoms with Gasteiger partial charge in [0.15, 0.2) is 0 Å². The summed E-state index contributed by atoms with van der Waals surface area (Å²) in [5.74, 6) is 0. The molecule has 2 rings (SSSR count). The fourth-order valence-corrected chi connectivity index (χ4v) is 3.01. The standard InChI is InChI=1S/C12H18.C7H13NO2.C2H6/c1-3-7-11-9-5-6-10-12(11)8-4-2;9-7(10)8-6-4-2-1-3-5-6;1-2/h5-6,9-10H,3-4,7-8H2,1-2H3;6,8H,1-5H2,(H,9,10);1-2H3. The van der Waals surface area contributed by atoms with Gasteiger partial charge in [-0.15, -0.1) is 0 Å². The van der Waals surface area contributed by atoms with Gasteiger partial charge in [0.05, 0.1) is 0 Å². The lowest BCUT2D eigenvalue weighted by atomic mass is 9.96. The smallest absolute Gasteiger partial charge is 0.404 e. The molecule has 1 saturated carbocycles. The third-order valence-corrected chi connectivity index (χ3v) is 4.09. The molecule has 0 radical (unpaired) electrons. The predicted octanol–water partition coefficient (Wildman–Crippen LogP) is 6.20. The highest BCUT2D eigenvalue weighted by molar-refractivity contribution is 5.64. The zero-order valence-corrected chi connectivity index (χ0v) is 16.1. The molecule has 0 saturated heterocycles. The van der Waals surface area contributed by atoms with Crippen molar-refractivity contribution in [3.63, 3.8) is 0 Å². The molecule has 0 atom stereocenters. The van der Waals surface area contributed by atoms with Gasteiger partial charge in [-0.2, -0.15) is 0 Å². The van der Waals surface area contributed by atoms with Crippen LogP contribution in [0.2, 0.25) is 0 Å². The molecule has 1 amide bonds. The van der Waals surface area contributed by atoms with Gasteiger partial charge in [-0.25, -0.2) is 4.79 Å². The highest BCUT2D eigenvalue weighted by Gasteiger charge is 2.14. The Morgan fingerprint density at radius 3 is 1.83 bits per heavy atom. The van der Waals surface area contributed by atoms with Crippen molar-refractivity contribution in [3.05, 3.63) is 35.4 Å². The van der Waals surface area contributed by atoms with Crippen molar-refractivity contribution >= 4 is 6.09 Å². The first-order valence-corrected chi connectivity index (χ1v) is 9.73. The number of benzene rings is 1. The number of hydrogen-bond donors (Lipinski definition) is 2. The third kappa shape index (κ3) is 10.3. The van der Waals surface area contributed by atoms with Crippen LogP contribution in [0.25, 0.3) is 0 Å². The minimum atomic E-state index is -0.882. The Morgan fingerprint density at radius 2 is 1.46 bits per heavy atom. The Bertz CT molecular complexity index is 401. The summed E-state index contributed by atoms with van der Waals surface area (Å²) in [7, 11) is 0. The molecule has 1 aliphatic rings. The van der Waals surface area contributed by atoms with Crippen LogP contribution in [0.4, 0.5) is 4.79 Å². The highest BCUT2D eigenvalue weighted by Crippen LogP contribution is 2.17. The molecule has 0 unspecified atom stereocenters. The number of nitrogens with one attached hydrogen (secondary N) is 1. The van der Waals surface area contributed by atoms with Crippen LogP contribution in [-0.2, 0) is 12.8 Å². The van der Waals surface area contributed by atoms with Gasteiger partial charge in [0.2, 0.25) is 0 Å². The average Bonchev–Trinajstić information content (AvgIpc) is 2.60. The van der Waals surface area contributed by atoms with Crippen molar-refractivity contribution in [2.24, 2.45) is 0 Å². The van der Waals surface area contributed by atoms with Crippen molar-refractivity contribution in [3.8, 4) is 0 Å². The number of carbonyl (C=O) groups is 1. The molecular formula is C21H37NO2. The normalized spacial score (nSPS) is 13.8. The summed E-state index contributed by atoms with van der Waals surface area (Å²) in [6.45, 7) is 8.48. The maximum absolute atomic E-state index is 10.2. The van der Waals surface area contributed by atoms with Crippen LogP contribution in [0.5, 0.6) is 0 Å². The van der Waals surface area contributed by atoms with Crippen LogP contribution in [0.1, 0.15) is 83.8 Å². The predicted molar refractivity (Wildman–Crippen MR) is 104 cm³/mol.